The molecule has 1 aromatic heterocycles. The molecule has 0 aliphatic heterocycles. The van der Waals surface area contributed by atoms with Crippen LogP contribution in [-0.2, 0) is 13.5 Å². The number of aliphatic hydroxyl groups is 1. The maximum atomic E-state index is 9.70. The van der Waals surface area contributed by atoms with E-state index in [-0.39, 0.29) is 6.10 Å². The normalized spacial score (nSPS) is 13.1. The van der Waals surface area contributed by atoms with Crippen LogP contribution in [0.2, 0.25) is 0 Å². The first-order valence-corrected chi connectivity index (χ1v) is 6.11. The first-order valence-electron chi connectivity index (χ1n) is 4.96. The summed E-state index contributed by atoms with van der Waals surface area (Å²) in [6, 6.07) is 0. The van der Waals surface area contributed by atoms with Gasteiger partial charge in [-0.05, 0) is 12.2 Å². The van der Waals surface area contributed by atoms with E-state index < -0.39 is 0 Å². The minimum Gasteiger partial charge on any atom is -0.392 e. The van der Waals surface area contributed by atoms with Crippen molar-refractivity contribution in [2.75, 3.05) is 11.5 Å². The fourth-order valence-electron chi connectivity index (χ4n) is 1.23. The van der Waals surface area contributed by atoms with Gasteiger partial charge < -0.3 is 9.67 Å². The number of nitrogens with zero attached hydrogens (tertiary/aromatic N) is 2. The van der Waals surface area contributed by atoms with Gasteiger partial charge in [-0.25, -0.2) is 4.98 Å². The molecule has 3 nitrogen and oxygen atoms in total. The Morgan fingerprint density at radius 1 is 1.64 bits per heavy atom. The number of hydrogen-bond acceptors (Lipinski definition) is 3. The Kier molecular flexibility index (Phi) is 5.04. The lowest BCUT2D eigenvalue weighted by Gasteiger charge is -2.09. The van der Waals surface area contributed by atoms with Crippen LogP contribution < -0.4 is 0 Å². The highest BCUT2D eigenvalue weighted by Crippen LogP contribution is 2.08. The summed E-state index contributed by atoms with van der Waals surface area (Å²) in [4.78, 5) is 4.18. The topological polar surface area (TPSA) is 38.1 Å². The molecule has 0 bridgehead atoms. The smallest absolute Gasteiger partial charge is 0.110 e. The van der Waals surface area contributed by atoms with Crippen molar-refractivity contribution in [1.29, 1.82) is 0 Å². The van der Waals surface area contributed by atoms with Crippen molar-refractivity contribution in [2.24, 2.45) is 7.05 Å². The van der Waals surface area contributed by atoms with Crippen molar-refractivity contribution in [3.8, 4) is 0 Å². The molecule has 1 atom stereocenters. The Bertz CT molecular complexity index is 262. The number of imidazole rings is 1. The van der Waals surface area contributed by atoms with E-state index in [0.29, 0.717) is 6.42 Å². The second-order valence-electron chi connectivity index (χ2n) is 3.39. The molecule has 0 fully saturated rings. The monoisotopic (exact) mass is 214 g/mol. The molecular formula is C10H18N2OS. The van der Waals surface area contributed by atoms with Gasteiger partial charge in [0.15, 0.2) is 0 Å². The second-order valence-corrected chi connectivity index (χ2v) is 4.54. The minimum atomic E-state index is -0.271. The van der Waals surface area contributed by atoms with E-state index in [2.05, 4.69) is 11.9 Å². The highest BCUT2D eigenvalue weighted by molar-refractivity contribution is 7.99. The maximum absolute atomic E-state index is 9.70. The van der Waals surface area contributed by atoms with Gasteiger partial charge in [-0.2, -0.15) is 11.8 Å². The summed E-state index contributed by atoms with van der Waals surface area (Å²) in [6.07, 6.45) is 5.22. The Morgan fingerprint density at radius 2 is 2.43 bits per heavy atom. The van der Waals surface area contributed by atoms with Crippen LogP contribution >= 0.6 is 11.8 Å². The second kappa shape index (κ2) is 6.09. The van der Waals surface area contributed by atoms with Crippen molar-refractivity contribution in [3.05, 3.63) is 18.2 Å². The summed E-state index contributed by atoms with van der Waals surface area (Å²) in [7, 11) is 1.95. The van der Waals surface area contributed by atoms with Gasteiger partial charge >= 0.3 is 0 Å². The SMILES string of the molecule is CCCSCC(O)Cc1nccn1C. The molecule has 1 aromatic rings. The molecule has 0 aliphatic carbocycles. The Labute approximate surface area is 89.5 Å². The lowest BCUT2D eigenvalue weighted by Crippen LogP contribution is -2.16. The molecule has 0 spiro atoms. The average molecular weight is 214 g/mol. The third-order valence-corrected chi connectivity index (χ3v) is 3.32. The Morgan fingerprint density at radius 3 is 3.00 bits per heavy atom. The molecule has 0 amide bonds. The summed E-state index contributed by atoms with van der Waals surface area (Å²) in [5, 5.41) is 9.70. The zero-order valence-electron chi connectivity index (χ0n) is 8.81. The molecule has 0 aromatic carbocycles. The molecule has 0 saturated heterocycles. The van der Waals surface area contributed by atoms with Crippen molar-refractivity contribution in [3.63, 3.8) is 0 Å². The maximum Gasteiger partial charge on any atom is 0.110 e. The zero-order valence-corrected chi connectivity index (χ0v) is 9.63. The minimum absolute atomic E-state index is 0.271. The van der Waals surface area contributed by atoms with Crippen LogP contribution in [0, 0.1) is 0 Å². The molecule has 14 heavy (non-hydrogen) atoms. The summed E-state index contributed by atoms with van der Waals surface area (Å²) in [5.74, 6) is 2.88. The molecule has 0 radical (unpaired) electrons. The molecule has 0 aliphatic rings. The van der Waals surface area contributed by atoms with Crippen molar-refractivity contribution < 1.29 is 5.11 Å². The van der Waals surface area contributed by atoms with E-state index >= 15 is 0 Å². The molecule has 1 rings (SSSR count). The van der Waals surface area contributed by atoms with Gasteiger partial charge in [0.05, 0.1) is 6.10 Å². The molecule has 80 valence electrons. The molecule has 0 saturated carbocycles. The molecule has 1 heterocycles. The summed E-state index contributed by atoms with van der Waals surface area (Å²) in [6.45, 7) is 2.15. The summed E-state index contributed by atoms with van der Waals surface area (Å²) < 4.78 is 1.95. The standard InChI is InChI=1S/C10H18N2OS/c1-3-6-14-8-9(13)7-10-11-4-5-12(10)2/h4-5,9,13H,3,6-8H2,1-2H3. The first-order chi connectivity index (χ1) is 6.74. The molecule has 1 N–H and O–H groups in total. The number of rotatable bonds is 6. The third-order valence-electron chi connectivity index (χ3n) is 2.00. The van der Waals surface area contributed by atoms with Gasteiger partial charge in [0, 0.05) is 31.6 Å². The first kappa shape index (κ1) is 11.6. The fraction of sp³-hybridized carbons (Fsp3) is 0.700. The summed E-state index contributed by atoms with van der Waals surface area (Å²) >= 11 is 1.80. The van der Waals surface area contributed by atoms with Crippen molar-refractivity contribution in [1.82, 2.24) is 9.55 Å². The van der Waals surface area contributed by atoms with Gasteiger partial charge in [-0.3, -0.25) is 0 Å². The van der Waals surface area contributed by atoms with Gasteiger partial charge in [-0.1, -0.05) is 6.92 Å². The lowest BCUT2D eigenvalue weighted by atomic mass is 10.3. The van der Waals surface area contributed by atoms with Crippen molar-refractivity contribution in [2.45, 2.75) is 25.9 Å². The highest BCUT2D eigenvalue weighted by Gasteiger charge is 2.08. The van der Waals surface area contributed by atoms with E-state index in [1.165, 1.54) is 6.42 Å². The number of thioether (sulfide) groups is 1. The predicted molar refractivity (Wildman–Crippen MR) is 60.5 cm³/mol. The van der Waals surface area contributed by atoms with Gasteiger partial charge in [0.2, 0.25) is 0 Å². The van der Waals surface area contributed by atoms with Gasteiger partial charge in [0.25, 0.3) is 0 Å². The van der Waals surface area contributed by atoms with Crippen LogP contribution in [0.25, 0.3) is 0 Å². The summed E-state index contributed by atoms with van der Waals surface area (Å²) in [5.41, 5.74) is 0. The quantitative estimate of drug-likeness (QED) is 0.729. The van der Waals surface area contributed by atoms with E-state index in [9.17, 15) is 5.11 Å². The fourth-order valence-corrected chi connectivity index (χ4v) is 2.07. The number of hydrogen-bond donors (Lipinski definition) is 1. The number of aromatic nitrogens is 2. The van der Waals surface area contributed by atoms with Crippen LogP contribution in [0.4, 0.5) is 0 Å². The lowest BCUT2D eigenvalue weighted by molar-refractivity contribution is 0.196. The molecular weight excluding hydrogens is 196 g/mol. The molecule has 1 unspecified atom stereocenters. The van der Waals surface area contributed by atoms with Crippen LogP contribution in [0.1, 0.15) is 19.2 Å². The van der Waals surface area contributed by atoms with Crippen LogP contribution in [-0.4, -0.2) is 32.3 Å². The van der Waals surface area contributed by atoms with E-state index in [4.69, 9.17) is 0 Å². The van der Waals surface area contributed by atoms with Crippen LogP contribution in [0.15, 0.2) is 12.4 Å². The Balaban J connectivity index is 2.27. The largest absolute Gasteiger partial charge is 0.392 e. The van der Waals surface area contributed by atoms with Crippen LogP contribution in [0.5, 0.6) is 0 Å². The van der Waals surface area contributed by atoms with Gasteiger partial charge in [-0.15, -0.1) is 0 Å². The third kappa shape index (κ3) is 3.72. The number of aryl methyl sites for hydroxylation is 1. The van der Waals surface area contributed by atoms with Crippen LogP contribution in [0.3, 0.4) is 0 Å². The highest BCUT2D eigenvalue weighted by atomic mass is 32.2. The van der Waals surface area contributed by atoms with Crippen molar-refractivity contribution >= 4 is 11.8 Å². The average Bonchev–Trinajstić information content (AvgIpc) is 2.52. The van der Waals surface area contributed by atoms with Gasteiger partial charge in [0.1, 0.15) is 5.82 Å². The van der Waals surface area contributed by atoms with E-state index in [1.54, 1.807) is 18.0 Å². The Hall–Kier alpha value is -0.480. The van der Waals surface area contributed by atoms with E-state index in [0.717, 1.165) is 17.3 Å². The molecule has 4 heteroatoms. The predicted octanol–water partition coefficient (Wildman–Crippen LogP) is 1.47. The van der Waals surface area contributed by atoms with E-state index in [1.807, 2.05) is 17.8 Å². The zero-order chi connectivity index (χ0) is 10.4. The number of aliphatic hydroxyl groups excluding tert-OH is 1.